The normalized spacial score (nSPS) is 12.2. The molecule has 164 valence electrons. The molecule has 0 aliphatic heterocycles. The molecule has 0 radical (unpaired) electrons. The van der Waals surface area contributed by atoms with E-state index >= 15 is 0 Å². The number of hydrogen-bond donors (Lipinski definition) is 1. The molecular formula is C25H25N3O4. The predicted octanol–water partition coefficient (Wildman–Crippen LogP) is 5.13. The van der Waals surface area contributed by atoms with E-state index in [4.69, 9.17) is 9.15 Å². The summed E-state index contributed by atoms with van der Waals surface area (Å²) < 4.78 is 11.5. The van der Waals surface area contributed by atoms with Gasteiger partial charge in [-0.2, -0.15) is 0 Å². The minimum Gasteiger partial charge on any atom is -0.456 e. The first-order valence-corrected chi connectivity index (χ1v) is 10.3. The Morgan fingerprint density at radius 1 is 0.938 bits per heavy atom. The van der Waals surface area contributed by atoms with Crippen LogP contribution in [0.25, 0.3) is 33.7 Å². The van der Waals surface area contributed by atoms with Gasteiger partial charge in [-0.3, -0.25) is 4.98 Å². The van der Waals surface area contributed by atoms with Gasteiger partial charge in [-0.05, 0) is 58.9 Å². The van der Waals surface area contributed by atoms with E-state index in [-0.39, 0.29) is 5.97 Å². The summed E-state index contributed by atoms with van der Waals surface area (Å²) >= 11 is 0. The molecule has 0 bridgehead atoms. The van der Waals surface area contributed by atoms with Gasteiger partial charge in [0.15, 0.2) is 5.58 Å². The highest BCUT2D eigenvalue weighted by molar-refractivity contribution is 5.92. The molecule has 0 fully saturated rings. The van der Waals surface area contributed by atoms with Crippen LogP contribution in [-0.4, -0.2) is 31.6 Å². The molecule has 7 heteroatoms. The lowest BCUT2D eigenvalue weighted by molar-refractivity contribution is 0.00694. The van der Waals surface area contributed by atoms with E-state index in [2.05, 4.69) is 15.0 Å². The van der Waals surface area contributed by atoms with Gasteiger partial charge in [0, 0.05) is 23.4 Å². The number of nitrogens with zero attached hydrogens (tertiary/aromatic N) is 3. The van der Waals surface area contributed by atoms with E-state index < -0.39 is 11.2 Å². The van der Waals surface area contributed by atoms with Crippen LogP contribution in [0.4, 0.5) is 0 Å². The Balaban J connectivity index is 1.69. The highest BCUT2D eigenvalue weighted by atomic mass is 16.6. The number of hydrogen-bond acceptors (Lipinski definition) is 7. The number of rotatable bonds is 4. The molecule has 1 N–H and O–H groups in total. The third kappa shape index (κ3) is 4.53. The molecule has 0 unspecified atom stereocenters. The first-order valence-electron chi connectivity index (χ1n) is 10.3. The number of carbonyl (C=O) groups excluding carboxylic acids is 1. The zero-order chi connectivity index (χ0) is 23.1. The second-order valence-corrected chi connectivity index (χ2v) is 9.12. The monoisotopic (exact) mass is 431 g/mol. The second kappa shape index (κ2) is 7.84. The Bertz CT molecular complexity index is 1280. The van der Waals surface area contributed by atoms with E-state index in [1.807, 2.05) is 45.0 Å². The summed E-state index contributed by atoms with van der Waals surface area (Å²) in [6.07, 6.45) is 3.11. The summed E-state index contributed by atoms with van der Waals surface area (Å²) in [5.41, 5.74) is 2.74. The highest BCUT2D eigenvalue weighted by Crippen LogP contribution is 2.33. The van der Waals surface area contributed by atoms with Gasteiger partial charge in [-0.25, -0.2) is 14.8 Å². The van der Waals surface area contributed by atoms with E-state index in [1.165, 1.54) is 6.33 Å². The number of furan rings is 1. The minimum atomic E-state index is -1.08. The van der Waals surface area contributed by atoms with E-state index in [0.29, 0.717) is 33.8 Å². The largest absolute Gasteiger partial charge is 0.456 e. The van der Waals surface area contributed by atoms with Crippen molar-refractivity contribution >= 4 is 17.1 Å². The van der Waals surface area contributed by atoms with Gasteiger partial charge in [0.05, 0.1) is 11.3 Å². The Hall–Kier alpha value is -3.58. The maximum atomic E-state index is 12.3. The Kier molecular flexibility index (Phi) is 5.30. The lowest BCUT2D eigenvalue weighted by atomic mass is 10.0. The van der Waals surface area contributed by atoms with Crippen molar-refractivity contribution in [3.8, 4) is 22.6 Å². The summed E-state index contributed by atoms with van der Waals surface area (Å²) in [7, 11) is 0. The second-order valence-electron chi connectivity index (χ2n) is 9.12. The first kappa shape index (κ1) is 21.6. The SMILES string of the molecule is CC(C)(C)OC(=O)c1ccc(-c2cc3ncnc(-c4ccnc(C(C)(C)O)c4)c3o2)cc1. The average molecular weight is 431 g/mol. The maximum Gasteiger partial charge on any atom is 0.338 e. The van der Waals surface area contributed by atoms with Crippen LogP contribution >= 0.6 is 0 Å². The number of esters is 1. The number of aromatic nitrogens is 3. The van der Waals surface area contributed by atoms with Crippen LogP contribution in [0.3, 0.4) is 0 Å². The third-order valence-electron chi connectivity index (χ3n) is 4.78. The Morgan fingerprint density at radius 3 is 2.31 bits per heavy atom. The van der Waals surface area contributed by atoms with E-state index in [0.717, 1.165) is 11.1 Å². The molecule has 3 aromatic heterocycles. The van der Waals surface area contributed by atoms with Crippen LogP contribution in [0, 0.1) is 0 Å². The van der Waals surface area contributed by atoms with Crippen molar-refractivity contribution in [2.24, 2.45) is 0 Å². The summed E-state index contributed by atoms with van der Waals surface area (Å²) in [5, 5.41) is 10.3. The molecule has 0 saturated heterocycles. The fraction of sp³-hybridized carbons (Fsp3) is 0.280. The first-order chi connectivity index (χ1) is 15.0. The summed E-state index contributed by atoms with van der Waals surface area (Å²) in [6.45, 7) is 8.86. The number of benzene rings is 1. The van der Waals surface area contributed by atoms with Gasteiger partial charge in [-0.1, -0.05) is 12.1 Å². The molecule has 0 atom stereocenters. The molecule has 7 nitrogen and oxygen atoms in total. The number of carbonyl (C=O) groups is 1. The van der Waals surface area contributed by atoms with Crippen molar-refractivity contribution in [3.63, 3.8) is 0 Å². The fourth-order valence-corrected chi connectivity index (χ4v) is 3.22. The molecule has 0 aliphatic carbocycles. The summed E-state index contributed by atoms with van der Waals surface area (Å²) in [6, 6.07) is 12.5. The predicted molar refractivity (Wildman–Crippen MR) is 121 cm³/mol. The van der Waals surface area contributed by atoms with Crippen molar-refractivity contribution in [1.82, 2.24) is 15.0 Å². The van der Waals surface area contributed by atoms with Gasteiger partial charge in [-0.15, -0.1) is 0 Å². The Morgan fingerprint density at radius 2 is 1.66 bits per heavy atom. The van der Waals surface area contributed by atoms with Crippen molar-refractivity contribution in [1.29, 1.82) is 0 Å². The van der Waals surface area contributed by atoms with Crippen LogP contribution < -0.4 is 0 Å². The molecular weight excluding hydrogens is 406 g/mol. The standard InChI is InChI=1S/C25H25N3O4/c1-24(2,3)32-23(29)16-8-6-15(7-9-16)19-13-18-22(31-19)21(28-14-27-18)17-10-11-26-20(12-17)25(4,5)30/h6-14,30H,1-5H3. The van der Waals surface area contributed by atoms with Crippen LogP contribution in [0.5, 0.6) is 0 Å². The smallest absolute Gasteiger partial charge is 0.338 e. The zero-order valence-corrected chi connectivity index (χ0v) is 18.7. The summed E-state index contributed by atoms with van der Waals surface area (Å²) in [4.78, 5) is 25.2. The zero-order valence-electron chi connectivity index (χ0n) is 18.7. The third-order valence-corrected chi connectivity index (χ3v) is 4.78. The van der Waals surface area contributed by atoms with E-state index in [9.17, 15) is 9.90 Å². The van der Waals surface area contributed by atoms with Crippen LogP contribution in [-0.2, 0) is 10.3 Å². The fourth-order valence-electron chi connectivity index (χ4n) is 3.22. The number of aliphatic hydroxyl groups is 1. The van der Waals surface area contributed by atoms with Crippen LogP contribution in [0.1, 0.15) is 50.7 Å². The molecule has 0 spiro atoms. The van der Waals surface area contributed by atoms with Gasteiger partial charge >= 0.3 is 5.97 Å². The number of pyridine rings is 1. The van der Waals surface area contributed by atoms with Crippen molar-refractivity contribution in [3.05, 3.63) is 66.2 Å². The van der Waals surface area contributed by atoms with Gasteiger partial charge < -0.3 is 14.3 Å². The quantitative estimate of drug-likeness (QED) is 0.447. The van der Waals surface area contributed by atoms with Gasteiger partial charge in [0.1, 0.15) is 34.5 Å². The van der Waals surface area contributed by atoms with Crippen molar-refractivity contribution < 1.29 is 19.1 Å². The molecule has 4 aromatic rings. The lowest BCUT2D eigenvalue weighted by Gasteiger charge is -2.19. The highest BCUT2D eigenvalue weighted by Gasteiger charge is 2.21. The maximum absolute atomic E-state index is 12.3. The Labute approximate surface area is 186 Å². The van der Waals surface area contributed by atoms with Gasteiger partial charge in [0.25, 0.3) is 0 Å². The van der Waals surface area contributed by atoms with Crippen molar-refractivity contribution in [2.75, 3.05) is 0 Å². The molecule has 0 amide bonds. The molecule has 4 rings (SSSR count). The van der Waals surface area contributed by atoms with Crippen LogP contribution in [0.15, 0.2) is 59.4 Å². The number of ether oxygens (including phenoxy) is 1. The van der Waals surface area contributed by atoms with Gasteiger partial charge in [0.2, 0.25) is 0 Å². The molecule has 3 heterocycles. The molecule has 0 saturated carbocycles. The lowest BCUT2D eigenvalue weighted by Crippen LogP contribution is -2.23. The minimum absolute atomic E-state index is 0.373. The average Bonchev–Trinajstić information content (AvgIpc) is 3.16. The molecule has 32 heavy (non-hydrogen) atoms. The molecule has 0 aliphatic rings. The van der Waals surface area contributed by atoms with E-state index in [1.54, 1.807) is 38.2 Å². The molecule has 1 aromatic carbocycles. The topological polar surface area (TPSA) is 98.3 Å². The van der Waals surface area contributed by atoms with Crippen molar-refractivity contribution in [2.45, 2.75) is 45.8 Å². The summed E-state index contributed by atoms with van der Waals surface area (Å²) in [5.74, 6) is 0.233. The van der Waals surface area contributed by atoms with Crippen LogP contribution in [0.2, 0.25) is 0 Å². The number of fused-ring (bicyclic) bond motifs is 1.